The molecule has 1 saturated heterocycles. The number of amides is 2. The van der Waals surface area contributed by atoms with E-state index in [1.54, 1.807) is 6.92 Å². The van der Waals surface area contributed by atoms with E-state index in [9.17, 15) is 14.4 Å². The van der Waals surface area contributed by atoms with Crippen molar-refractivity contribution in [1.29, 1.82) is 0 Å². The molecule has 1 saturated carbocycles. The zero-order valence-corrected chi connectivity index (χ0v) is 24.2. The smallest absolute Gasteiger partial charge is 0.354 e. The number of nitrogens with zero attached hydrogens (tertiary/aromatic N) is 3. The van der Waals surface area contributed by atoms with Gasteiger partial charge in [0, 0.05) is 6.42 Å². The normalized spacial score (nSPS) is 23.0. The number of imide groups is 1. The first-order valence-electron chi connectivity index (χ1n) is 14.7. The molecular formula is C33H40N4O4. The molecule has 2 bridgehead atoms. The number of anilines is 2. The molecule has 1 N–H and O–H groups in total. The summed E-state index contributed by atoms with van der Waals surface area (Å²) in [4.78, 5) is 41.9. The number of hydrogen-bond donors (Lipinski definition) is 1. The maximum Gasteiger partial charge on any atom is 0.354 e. The highest BCUT2D eigenvalue weighted by atomic mass is 16.5. The molecule has 8 nitrogen and oxygen atoms in total. The quantitative estimate of drug-likeness (QED) is 0.125. The van der Waals surface area contributed by atoms with Crippen LogP contribution in [0.1, 0.15) is 43.7 Å². The van der Waals surface area contributed by atoms with Gasteiger partial charge in [-0.15, -0.1) is 0 Å². The van der Waals surface area contributed by atoms with Gasteiger partial charge >= 0.3 is 5.97 Å². The van der Waals surface area contributed by atoms with Gasteiger partial charge < -0.3 is 9.64 Å². The Morgan fingerprint density at radius 2 is 1.51 bits per heavy atom. The molecule has 8 heteroatoms. The predicted octanol–water partition coefficient (Wildman–Crippen LogP) is 4.85. The third kappa shape index (κ3) is 6.43. The summed E-state index contributed by atoms with van der Waals surface area (Å²) in [5, 5.41) is 4.34. The second-order valence-electron chi connectivity index (χ2n) is 11.5. The van der Waals surface area contributed by atoms with Crippen LogP contribution in [0.2, 0.25) is 0 Å². The number of ether oxygens (including phenoxy) is 1. The van der Waals surface area contributed by atoms with Crippen molar-refractivity contribution in [2.24, 2.45) is 28.8 Å². The maximum atomic E-state index is 13.1. The Balaban J connectivity index is 1.10. The van der Waals surface area contributed by atoms with Gasteiger partial charge in [-0.3, -0.25) is 19.9 Å². The van der Waals surface area contributed by atoms with Crippen molar-refractivity contribution in [1.82, 2.24) is 4.90 Å². The highest BCUT2D eigenvalue weighted by Crippen LogP contribution is 2.53. The van der Waals surface area contributed by atoms with E-state index in [0.717, 1.165) is 44.3 Å². The van der Waals surface area contributed by atoms with E-state index in [4.69, 9.17) is 4.74 Å². The van der Waals surface area contributed by atoms with Crippen molar-refractivity contribution in [3.63, 3.8) is 0 Å². The molecule has 3 aliphatic rings. The van der Waals surface area contributed by atoms with Crippen LogP contribution in [0.5, 0.6) is 0 Å². The number of rotatable bonds is 13. The van der Waals surface area contributed by atoms with Crippen LogP contribution >= 0.6 is 0 Å². The van der Waals surface area contributed by atoms with Crippen molar-refractivity contribution in [2.45, 2.75) is 45.4 Å². The second kappa shape index (κ2) is 12.8. The number of carbonyl (C=O) groups excluding carboxylic acids is 3. The molecule has 5 rings (SSSR count). The minimum Gasteiger partial charge on any atom is -0.461 e. The predicted molar refractivity (Wildman–Crippen MR) is 161 cm³/mol. The molecule has 0 radical (unpaired) electrons. The fraction of sp³-hybridized carbons (Fsp3) is 0.455. The minimum atomic E-state index is -0.381. The summed E-state index contributed by atoms with van der Waals surface area (Å²) in [7, 11) is 4.01. The molecular weight excluding hydrogens is 516 g/mol. The topological polar surface area (TPSA) is 91.3 Å². The monoisotopic (exact) mass is 556 g/mol. The van der Waals surface area contributed by atoms with Gasteiger partial charge in [-0.05, 0) is 107 Å². The van der Waals surface area contributed by atoms with Crippen molar-refractivity contribution in [3.8, 4) is 0 Å². The number of esters is 1. The SMILES string of the molecule is CCOC(=O)/C(CCCN(C)C)=N\Nc1ccc(CCCc2ccc(N3C(=O)C4C(C3=O)[C@H]3C=C[C@@H]4C3)cc2)cc1. The molecule has 2 fully saturated rings. The van der Waals surface area contributed by atoms with Gasteiger partial charge in [-0.25, -0.2) is 4.79 Å². The lowest BCUT2D eigenvalue weighted by molar-refractivity contribution is -0.135. The summed E-state index contributed by atoms with van der Waals surface area (Å²) in [5.74, 6) is -0.332. The molecule has 1 heterocycles. The maximum absolute atomic E-state index is 13.1. The third-order valence-electron chi connectivity index (χ3n) is 8.40. The van der Waals surface area contributed by atoms with Crippen molar-refractivity contribution in [3.05, 3.63) is 71.8 Å². The lowest BCUT2D eigenvalue weighted by atomic mass is 9.85. The van der Waals surface area contributed by atoms with Crippen LogP contribution in [0, 0.1) is 23.7 Å². The van der Waals surface area contributed by atoms with E-state index in [1.807, 2.05) is 50.5 Å². The van der Waals surface area contributed by atoms with Crippen LogP contribution in [0.3, 0.4) is 0 Å². The van der Waals surface area contributed by atoms with Crippen molar-refractivity contribution < 1.29 is 19.1 Å². The van der Waals surface area contributed by atoms with E-state index in [1.165, 1.54) is 16.0 Å². The summed E-state index contributed by atoms with van der Waals surface area (Å²) >= 11 is 0. The number of aryl methyl sites for hydroxylation is 2. The van der Waals surface area contributed by atoms with Crippen molar-refractivity contribution >= 4 is 34.9 Å². The van der Waals surface area contributed by atoms with Gasteiger partial charge in [0.05, 0.1) is 29.8 Å². The van der Waals surface area contributed by atoms with E-state index in [-0.39, 0.29) is 41.5 Å². The summed E-state index contributed by atoms with van der Waals surface area (Å²) in [6.07, 6.45) is 9.36. The Morgan fingerprint density at radius 1 is 0.927 bits per heavy atom. The van der Waals surface area contributed by atoms with E-state index in [2.05, 4.69) is 39.7 Å². The van der Waals surface area contributed by atoms with Crippen LogP contribution in [-0.2, 0) is 32.0 Å². The first kappa shape index (κ1) is 28.7. The van der Waals surface area contributed by atoms with E-state index < -0.39 is 0 Å². The Labute approximate surface area is 242 Å². The molecule has 0 aromatic heterocycles. The Kier molecular flexibility index (Phi) is 8.98. The Morgan fingerprint density at radius 3 is 2.07 bits per heavy atom. The number of nitrogens with one attached hydrogen (secondary N) is 1. The van der Waals surface area contributed by atoms with E-state index >= 15 is 0 Å². The van der Waals surface area contributed by atoms with Gasteiger partial charge in [-0.1, -0.05) is 36.4 Å². The summed E-state index contributed by atoms with van der Waals surface area (Å²) in [6.45, 7) is 2.98. The molecule has 2 aromatic carbocycles. The first-order valence-corrected chi connectivity index (χ1v) is 14.7. The fourth-order valence-corrected chi connectivity index (χ4v) is 6.32. The number of hydrazone groups is 1. The standard InChI is InChI=1S/C33H40N4O4/c1-4-41-33(40)28(9-6-20-36(2)3)35-34-26-16-10-22(11-17-26)7-5-8-23-12-18-27(19-13-23)37-31(38)29-24-14-15-25(21-24)30(29)32(37)39/h10-19,24-25,29-30,34H,4-9,20-21H2,1-3H3/b35-28-/t24-,25+,29?,30?. The van der Waals surface area contributed by atoms with Gasteiger partial charge in [0.2, 0.25) is 11.8 Å². The number of allylic oxidation sites excluding steroid dienone is 2. The van der Waals surface area contributed by atoms with Gasteiger partial charge in [0.15, 0.2) is 0 Å². The van der Waals surface area contributed by atoms with Crippen LogP contribution in [0.25, 0.3) is 0 Å². The fourth-order valence-electron chi connectivity index (χ4n) is 6.32. The van der Waals surface area contributed by atoms with Crippen LogP contribution in [-0.4, -0.2) is 55.6 Å². The Hall–Kier alpha value is -3.78. The first-order chi connectivity index (χ1) is 19.9. The minimum absolute atomic E-state index is 0.0327. The average Bonchev–Trinajstić information content (AvgIpc) is 3.65. The Bertz CT molecular complexity index is 1290. The van der Waals surface area contributed by atoms with Crippen LogP contribution < -0.4 is 10.3 Å². The van der Waals surface area contributed by atoms with Gasteiger partial charge in [-0.2, -0.15) is 5.10 Å². The molecule has 2 amide bonds. The number of benzene rings is 2. The zero-order chi connectivity index (χ0) is 28.9. The highest BCUT2D eigenvalue weighted by Gasteiger charge is 2.59. The van der Waals surface area contributed by atoms with Crippen molar-refractivity contribution in [2.75, 3.05) is 37.6 Å². The molecule has 216 valence electrons. The van der Waals surface area contributed by atoms with Gasteiger partial charge in [0.1, 0.15) is 5.71 Å². The number of hydrogen-bond acceptors (Lipinski definition) is 7. The number of carbonyl (C=O) groups is 3. The van der Waals surface area contributed by atoms with Crippen LogP contribution in [0.4, 0.5) is 11.4 Å². The molecule has 41 heavy (non-hydrogen) atoms. The largest absolute Gasteiger partial charge is 0.461 e. The van der Waals surface area contributed by atoms with Crippen LogP contribution in [0.15, 0.2) is 65.8 Å². The average molecular weight is 557 g/mol. The summed E-state index contributed by atoms with van der Waals surface area (Å²) in [6, 6.07) is 16.0. The molecule has 2 unspecified atom stereocenters. The zero-order valence-electron chi connectivity index (χ0n) is 24.2. The third-order valence-corrected chi connectivity index (χ3v) is 8.40. The summed E-state index contributed by atoms with van der Waals surface area (Å²) < 4.78 is 5.16. The molecule has 4 atom stereocenters. The highest BCUT2D eigenvalue weighted by molar-refractivity contribution is 6.36. The molecule has 2 aliphatic carbocycles. The molecule has 0 spiro atoms. The van der Waals surface area contributed by atoms with Gasteiger partial charge in [0.25, 0.3) is 0 Å². The molecule has 2 aromatic rings. The molecule has 1 aliphatic heterocycles. The second-order valence-corrected chi connectivity index (χ2v) is 11.5. The summed E-state index contributed by atoms with van der Waals surface area (Å²) in [5.41, 5.74) is 7.31. The lowest BCUT2D eigenvalue weighted by Crippen LogP contribution is -2.32. The lowest BCUT2D eigenvalue weighted by Gasteiger charge is -2.17. The van der Waals surface area contributed by atoms with E-state index in [0.29, 0.717) is 24.4 Å². The number of fused-ring (bicyclic) bond motifs is 5.